The van der Waals surface area contributed by atoms with Crippen molar-refractivity contribution < 1.29 is 9.53 Å². The molecular weight excluding hydrogens is 252 g/mol. The summed E-state index contributed by atoms with van der Waals surface area (Å²) in [5, 5.41) is 9.04. The van der Waals surface area contributed by atoms with Crippen molar-refractivity contribution in [1.82, 2.24) is 15.2 Å². The maximum atomic E-state index is 11.9. The Labute approximate surface area is 108 Å². The Morgan fingerprint density at radius 1 is 1.50 bits per heavy atom. The molecule has 2 N–H and O–H groups in total. The summed E-state index contributed by atoms with van der Waals surface area (Å²) >= 11 is 1.47. The summed E-state index contributed by atoms with van der Waals surface area (Å²) in [6.45, 7) is 4.38. The molecular formula is C11H14N4O2S. The predicted molar refractivity (Wildman–Crippen MR) is 69.2 cm³/mol. The minimum atomic E-state index is -0.195. The first-order valence-corrected chi connectivity index (χ1v) is 6.49. The maximum Gasteiger partial charge on any atom is 0.337 e. The number of ether oxygens (including phenoxy) is 1. The lowest BCUT2D eigenvalue weighted by Crippen LogP contribution is -2.11. The second-order valence-corrected chi connectivity index (χ2v) is 4.64. The fourth-order valence-electron chi connectivity index (χ4n) is 1.36. The number of nitrogens with one attached hydrogen (secondary N) is 2. The van der Waals surface area contributed by atoms with Crippen molar-refractivity contribution in [3.05, 3.63) is 21.9 Å². The number of carbonyl (C=O) groups is 1. The molecule has 0 radical (unpaired) electrons. The van der Waals surface area contributed by atoms with Crippen LogP contribution in [0.5, 0.6) is 6.01 Å². The zero-order chi connectivity index (χ0) is 13.0. The van der Waals surface area contributed by atoms with Crippen LogP contribution in [0.1, 0.15) is 28.4 Å². The standard InChI is InChI=1S/C11H14N4O2S/c1-3-7-5-6-8(18-7)9(16)12-10-13-11(15-14-10)17-4-2/h5-6H,3-4H2,1-2H3,(H2,12,13,14,15,16). The third-order valence-corrected chi connectivity index (χ3v) is 3.43. The molecule has 0 fully saturated rings. The molecule has 0 unspecified atom stereocenters. The van der Waals surface area contributed by atoms with Crippen LogP contribution in [-0.4, -0.2) is 27.7 Å². The number of H-pyrrole nitrogens is 1. The van der Waals surface area contributed by atoms with Crippen molar-refractivity contribution in [2.75, 3.05) is 11.9 Å². The smallest absolute Gasteiger partial charge is 0.337 e. The number of carbonyl (C=O) groups excluding carboxylic acids is 1. The van der Waals surface area contributed by atoms with E-state index in [2.05, 4.69) is 27.4 Å². The van der Waals surface area contributed by atoms with Gasteiger partial charge in [-0.25, -0.2) is 5.10 Å². The van der Waals surface area contributed by atoms with Gasteiger partial charge >= 0.3 is 6.01 Å². The predicted octanol–water partition coefficient (Wildman–Crippen LogP) is 2.08. The summed E-state index contributed by atoms with van der Waals surface area (Å²) in [7, 11) is 0. The van der Waals surface area contributed by atoms with E-state index in [9.17, 15) is 4.79 Å². The summed E-state index contributed by atoms with van der Waals surface area (Å²) in [6, 6.07) is 3.98. The van der Waals surface area contributed by atoms with Gasteiger partial charge in [0.05, 0.1) is 11.5 Å². The van der Waals surface area contributed by atoms with Gasteiger partial charge < -0.3 is 4.74 Å². The Morgan fingerprint density at radius 3 is 3.00 bits per heavy atom. The fraction of sp³-hybridized carbons (Fsp3) is 0.364. The van der Waals surface area contributed by atoms with Gasteiger partial charge in [0.2, 0.25) is 5.95 Å². The summed E-state index contributed by atoms with van der Waals surface area (Å²) in [5.74, 6) is 0.0915. The van der Waals surface area contributed by atoms with Gasteiger partial charge in [0, 0.05) is 4.88 Å². The molecule has 0 atom stereocenters. The SMILES string of the molecule is CCOc1n[nH]c(NC(=O)c2ccc(CC)s2)n1. The number of aromatic amines is 1. The Hall–Kier alpha value is -1.89. The normalized spacial score (nSPS) is 10.3. The first-order chi connectivity index (χ1) is 8.72. The van der Waals surface area contributed by atoms with Gasteiger partial charge in [-0.2, -0.15) is 4.98 Å². The van der Waals surface area contributed by atoms with Gasteiger partial charge in [-0.15, -0.1) is 16.4 Å². The highest BCUT2D eigenvalue weighted by atomic mass is 32.1. The molecule has 0 bridgehead atoms. The molecule has 2 rings (SSSR count). The van der Waals surface area contributed by atoms with E-state index < -0.39 is 0 Å². The number of aromatic nitrogens is 3. The van der Waals surface area contributed by atoms with E-state index in [0.717, 1.165) is 6.42 Å². The van der Waals surface area contributed by atoms with Gasteiger partial charge in [0.15, 0.2) is 0 Å². The minimum absolute atomic E-state index is 0.195. The highest BCUT2D eigenvalue weighted by molar-refractivity contribution is 7.14. The van der Waals surface area contributed by atoms with Crippen molar-refractivity contribution in [3.63, 3.8) is 0 Å². The largest absolute Gasteiger partial charge is 0.463 e. The van der Waals surface area contributed by atoms with Crippen LogP contribution in [-0.2, 0) is 6.42 Å². The van der Waals surface area contributed by atoms with E-state index in [1.165, 1.54) is 16.2 Å². The maximum absolute atomic E-state index is 11.9. The average Bonchev–Trinajstić information content (AvgIpc) is 2.98. The van der Waals surface area contributed by atoms with Crippen molar-refractivity contribution >= 4 is 23.2 Å². The average molecular weight is 266 g/mol. The monoisotopic (exact) mass is 266 g/mol. The summed E-state index contributed by atoms with van der Waals surface area (Å²) < 4.78 is 5.09. The van der Waals surface area contributed by atoms with E-state index in [1.54, 1.807) is 6.07 Å². The number of thiophene rings is 1. The van der Waals surface area contributed by atoms with Crippen LogP contribution in [0.2, 0.25) is 0 Å². The van der Waals surface area contributed by atoms with Crippen LogP contribution < -0.4 is 10.1 Å². The first kappa shape index (κ1) is 12.6. The molecule has 0 aliphatic heterocycles. The highest BCUT2D eigenvalue weighted by Gasteiger charge is 2.11. The Balaban J connectivity index is 2.01. The lowest BCUT2D eigenvalue weighted by molar-refractivity contribution is 0.102. The zero-order valence-electron chi connectivity index (χ0n) is 10.2. The molecule has 0 saturated heterocycles. The second-order valence-electron chi connectivity index (χ2n) is 3.47. The highest BCUT2D eigenvalue weighted by Crippen LogP contribution is 2.18. The van der Waals surface area contributed by atoms with Gasteiger partial charge in [-0.3, -0.25) is 10.1 Å². The molecule has 2 heterocycles. The number of nitrogens with zero attached hydrogens (tertiary/aromatic N) is 2. The molecule has 0 aliphatic rings. The van der Waals surface area contributed by atoms with E-state index in [1.807, 2.05) is 13.0 Å². The van der Waals surface area contributed by atoms with E-state index in [-0.39, 0.29) is 17.9 Å². The van der Waals surface area contributed by atoms with E-state index in [0.29, 0.717) is 11.5 Å². The molecule has 6 nitrogen and oxygen atoms in total. The second kappa shape index (κ2) is 5.63. The van der Waals surface area contributed by atoms with Crippen molar-refractivity contribution in [2.24, 2.45) is 0 Å². The first-order valence-electron chi connectivity index (χ1n) is 5.68. The molecule has 2 aromatic heterocycles. The minimum Gasteiger partial charge on any atom is -0.463 e. The molecule has 2 aromatic rings. The number of amides is 1. The van der Waals surface area contributed by atoms with Crippen LogP contribution in [0.15, 0.2) is 12.1 Å². The van der Waals surface area contributed by atoms with Gasteiger partial charge in [0.25, 0.3) is 5.91 Å². The molecule has 0 aromatic carbocycles. The topological polar surface area (TPSA) is 79.9 Å². The molecule has 18 heavy (non-hydrogen) atoms. The third-order valence-electron chi connectivity index (χ3n) is 2.20. The number of rotatable bonds is 5. The Bertz CT molecular complexity index is 535. The van der Waals surface area contributed by atoms with Crippen LogP contribution >= 0.6 is 11.3 Å². The van der Waals surface area contributed by atoms with Crippen molar-refractivity contribution in [3.8, 4) is 6.01 Å². The van der Waals surface area contributed by atoms with Gasteiger partial charge in [-0.1, -0.05) is 6.92 Å². The number of hydrogen-bond donors (Lipinski definition) is 2. The quantitative estimate of drug-likeness (QED) is 0.868. The summed E-state index contributed by atoms with van der Waals surface area (Å²) in [5.41, 5.74) is 0. The Kier molecular flexibility index (Phi) is 3.93. The van der Waals surface area contributed by atoms with Crippen LogP contribution in [0.25, 0.3) is 0 Å². The summed E-state index contributed by atoms with van der Waals surface area (Å²) in [6.07, 6.45) is 0.925. The van der Waals surface area contributed by atoms with Crippen molar-refractivity contribution in [2.45, 2.75) is 20.3 Å². The molecule has 0 saturated carbocycles. The number of hydrogen-bond acceptors (Lipinski definition) is 5. The third kappa shape index (κ3) is 2.86. The molecule has 1 amide bonds. The van der Waals surface area contributed by atoms with Crippen LogP contribution in [0.4, 0.5) is 5.95 Å². The fourth-order valence-corrected chi connectivity index (χ4v) is 2.20. The lowest BCUT2D eigenvalue weighted by Gasteiger charge is -1.97. The number of anilines is 1. The zero-order valence-corrected chi connectivity index (χ0v) is 11.0. The lowest BCUT2D eigenvalue weighted by atomic mass is 10.3. The van der Waals surface area contributed by atoms with Crippen LogP contribution in [0, 0.1) is 0 Å². The van der Waals surface area contributed by atoms with E-state index in [4.69, 9.17) is 4.74 Å². The van der Waals surface area contributed by atoms with Crippen molar-refractivity contribution in [1.29, 1.82) is 0 Å². The van der Waals surface area contributed by atoms with Gasteiger partial charge in [-0.05, 0) is 25.5 Å². The number of aryl methyl sites for hydroxylation is 1. The Morgan fingerprint density at radius 2 is 2.33 bits per heavy atom. The van der Waals surface area contributed by atoms with E-state index >= 15 is 0 Å². The van der Waals surface area contributed by atoms with Crippen LogP contribution in [0.3, 0.4) is 0 Å². The molecule has 0 spiro atoms. The molecule has 96 valence electrons. The summed E-state index contributed by atoms with van der Waals surface area (Å²) in [4.78, 5) is 17.7. The van der Waals surface area contributed by atoms with Gasteiger partial charge in [0.1, 0.15) is 0 Å². The molecule has 7 heteroatoms. The molecule has 0 aliphatic carbocycles.